The van der Waals surface area contributed by atoms with Gasteiger partial charge in [-0.15, -0.1) is 5.10 Å². The average molecular weight is 518 g/mol. The fourth-order valence-electron chi connectivity index (χ4n) is 3.31. The molecule has 3 aromatic carbocycles. The molecule has 0 saturated carbocycles. The first-order valence-corrected chi connectivity index (χ1v) is 11.8. The lowest BCUT2D eigenvalue weighted by Gasteiger charge is -2.12. The summed E-state index contributed by atoms with van der Waals surface area (Å²) in [5.41, 5.74) is 1.16. The molecule has 1 atom stereocenters. The Kier molecular flexibility index (Phi) is 7.77. The van der Waals surface area contributed by atoms with Crippen molar-refractivity contribution in [3.63, 3.8) is 0 Å². The number of halogens is 4. The molecule has 10 heteroatoms. The predicted molar refractivity (Wildman–Crippen MR) is 132 cm³/mol. The van der Waals surface area contributed by atoms with Crippen molar-refractivity contribution in [3.8, 4) is 5.75 Å². The van der Waals surface area contributed by atoms with Crippen LogP contribution >= 0.6 is 23.4 Å². The summed E-state index contributed by atoms with van der Waals surface area (Å²) in [6.45, 7) is 0.397. The molecule has 1 fully saturated rings. The lowest BCUT2D eigenvalue weighted by Crippen LogP contribution is -2.26. The van der Waals surface area contributed by atoms with Crippen molar-refractivity contribution in [1.29, 1.82) is 0 Å². The highest BCUT2D eigenvalue weighted by molar-refractivity contribution is 8.15. The number of amidine groups is 1. The van der Waals surface area contributed by atoms with Gasteiger partial charge in [-0.25, -0.2) is 0 Å². The summed E-state index contributed by atoms with van der Waals surface area (Å²) in [4.78, 5) is 12.3. The number of nitrogens with one attached hydrogen (secondary N) is 1. The Bertz CT molecular complexity index is 1270. The highest BCUT2D eigenvalue weighted by Gasteiger charge is 2.35. The van der Waals surface area contributed by atoms with Crippen molar-refractivity contribution in [2.45, 2.75) is 24.5 Å². The van der Waals surface area contributed by atoms with Crippen LogP contribution in [0.5, 0.6) is 5.75 Å². The van der Waals surface area contributed by atoms with Gasteiger partial charge in [0.05, 0.1) is 22.1 Å². The van der Waals surface area contributed by atoms with Gasteiger partial charge in [0.1, 0.15) is 12.4 Å². The van der Waals surface area contributed by atoms with Crippen molar-refractivity contribution in [3.05, 3.63) is 100 Å². The molecule has 3 aromatic rings. The lowest BCUT2D eigenvalue weighted by molar-refractivity contribution is -0.137. The molecular weight excluding hydrogens is 499 g/mol. The Hall–Kier alpha value is -3.30. The van der Waals surface area contributed by atoms with E-state index in [0.717, 1.165) is 23.4 Å². The van der Waals surface area contributed by atoms with Gasteiger partial charge in [0.2, 0.25) is 5.91 Å². The highest BCUT2D eigenvalue weighted by Crippen LogP contribution is 2.36. The molecule has 0 aromatic heterocycles. The number of ether oxygens (including phenoxy) is 1. The molecule has 4 rings (SSSR count). The van der Waals surface area contributed by atoms with Gasteiger partial charge in [-0.05, 0) is 41.8 Å². The zero-order valence-corrected chi connectivity index (χ0v) is 19.7. The van der Waals surface area contributed by atoms with Crippen molar-refractivity contribution < 1.29 is 22.7 Å². The van der Waals surface area contributed by atoms with Crippen molar-refractivity contribution in [2.75, 3.05) is 0 Å². The molecule has 5 nitrogen and oxygen atoms in total. The van der Waals surface area contributed by atoms with Gasteiger partial charge >= 0.3 is 6.18 Å². The first-order valence-electron chi connectivity index (χ1n) is 10.5. The second kappa shape index (κ2) is 11.0. The van der Waals surface area contributed by atoms with Gasteiger partial charge in [0, 0.05) is 5.56 Å². The number of para-hydroxylation sites is 1. The number of nitrogens with zero attached hydrogens (tertiary/aromatic N) is 2. The summed E-state index contributed by atoms with van der Waals surface area (Å²) < 4.78 is 45.2. The van der Waals surface area contributed by atoms with E-state index in [1.807, 2.05) is 54.6 Å². The largest absolute Gasteiger partial charge is 0.488 e. The number of carbonyl (C=O) groups excluding carboxylic acids is 1. The first-order chi connectivity index (χ1) is 16.8. The van der Waals surface area contributed by atoms with E-state index in [-0.39, 0.29) is 22.5 Å². The Morgan fingerprint density at radius 1 is 1.03 bits per heavy atom. The van der Waals surface area contributed by atoms with E-state index in [0.29, 0.717) is 23.5 Å². The van der Waals surface area contributed by atoms with E-state index >= 15 is 0 Å². The number of benzene rings is 3. The second-order valence-corrected chi connectivity index (χ2v) is 9.17. The van der Waals surface area contributed by atoms with Gasteiger partial charge in [-0.2, -0.15) is 18.3 Å². The van der Waals surface area contributed by atoms with Crippen LogP contribution in [0.1, 0.15) is 22.3 Å². The number of hydrogen-bond donors (Lipinski definition) is 1. The number of amides is 1. The van der Waals surface area contributed by atoms with Gasteiger partial charge in [0.25, 0.3) is 0 Å². The average Bonchev–Trinajstić information content (AvgIpc) is 3.18. The SMILES string of the molecule is O=C1N/C(=N\N=C\c2ccccc2OCc2ccccc2)SC1Cc1ccc(Cl)c(C(F)(F)F)c1. The molecule has 1 aliphatic rings. The molecule has 1 N–H and O–H groups in total. The van der Waals surface area contributed by atoms with Gasteiger partial charge in [0.15, 0.2) is 5.17 Å². The number of alkyl halides is 3. The van der Waals surface area contributed by atoms with Crippen LogP contribution in [-0.4, -0.2) is 22.5 Å². The molecule has 180 valence electrons. The topological polar surface area (TPSA) is 63.0 Å². The minimum atomic E-state index is -4.57. The van der Waals surface area contributed by atoms with E-state index in [2.05, 4.69) is 15.5 Å². The number of hydrogen-bond acceptors (Lipinski definition) is 5. The molecule has 0 aliphatic carbocycles. The zero-order chi connectivity index (χ0) is 24.8. The minimum absolute atomic E-state index is 0.0929. The second-order valence-electron chi connectivity index (χ2n) is 7.57. The Balaban J connectivity index is 1.40. The molecule has 0 spiro atoms. The van der Waals surface area contributed by atoms with Crippen LogP contribution in [0, 0.1) is 0 Å². The molecule has 1 amide bonds. The van der Waals surface area contributed by atoms with Crippen LogP contribution in [0.4, 0.5) is 13.2 Å². The molecule has 0 bridgehead atoms. The summed E-state index contributed by atoms with van der Waals surface area (Å²) in [6, 6.07) is 20.7. The summed E-state index contributed by atoms with van der Waals surface area (Å²) in [6.07, 6.45) is -2.96. The van der Waals surface area contributed by atoms with Gasteiger partial charge < -0.3 is 10.1 Å². The van der Waals surface area contributed by atoms with Crippen LogP contribution in [0.25, 0.3) is 0 Å². The summed E-state index contributed by atoms with van der Waals surface area (Å²) in [7, 11) is 0. The molecule has 35 heavy (non-hydrogen) atoms. The Morgan fingerprint density at radius 2 is 1.77 bits per heavy atom. The van der Waals surface area contributed by atoms with Crippen LogP contribution in [0.15, 0.2) is 83.0 Å². The molecule has 1 unspecified atom stereocenters. The Labute approximate surface area is 209 Å². The maximum absolute atomic E-state index is 13.1. The third-order valence-electron chi connectivity index (χ3n) is 5.04. The van der Waals surface area contributed by atoms with Crippen molar-refractivity contribution in [2.24, 2.45) is 10.2 Å². The van der Waals surface area contributed by atoms with E-state index in [4.69, 9.17) is 16.3 Å². The minimum Gasteiger partial charge on any atom is -0.488 e. The number of rotatable bonds is 7. The summed E-state index contributed by atoms with van der Waals surface area (Å²) in [5, 5.41) is 9.97. The smallest absolute Gasteiger partial charge is 0.417 e. The lowest BCUT2D eigenvalue weighted by atomic mass is 10.1. The third-order valence-corrected chi connectivity index (χ3v) is 6.44. The fraction of sp³-hybridized carbons (Fsp3) is 0.160. The first kappa shape index (κ1) is 24.8. The molecular formula is C25H19ClF3N3O2S. The van der Waals surface area contributed by atoms with E-state index in [1.54, 1.807) is 0 Å². The van der Waals surface area contributed by atoms with Crippen LogP contribution in [-0.2, 0) is 24.0 Å². The zero-order valence-electron chi connectivity index (χ0n) is 18.1. The maximum Gasteiger partial charge on any atom is 0.417 e. The van der Waals surface area contributed by atoms with Crippen molar-refractivity contribution >= 4 is 40.7 Å². The molecule has 1 aliphatic heterocycles. The third kappa shape index (κ3) is 6.64. The highest BCUT2D eigenvalue weighted by atomic mass is 35.5. The van der Waals surface area contributed by atoms with Gasteiger partial charge in [-0.1, -0.05) is 71.9 Å². The monoisotopic (exact) mass is 517 g/mol. The van der Waals surface area contributed by atoms with E-state index in [9.17, 15) is 18.0 Å². The normalized spacial score (nSPS) is 17.2. The predicted octanol–water partition coefficient (Wildman–Crippen LogP) is 6.10. The summed E-state index contributed by atoms with van der Waals surface area (Å²) in [5.74, 6) is 0.281. The van der Waals surface area contributed by atoms with Crippen LogP contribution in [0.2, 0.25) is 5.02 Å². The maximum atomic E-state index is 13.1. The quantitative estimate of drug-likeness (QED) is 0.304. The molecule has 1 saturated heterocycles. The standard InChI is InChI=1S/C25H19ClF3N3O2S/c26-20-11-10-17(12-19(20)25(27,28)29)13-22-23(33)31-24(35-22)32-30-14-18-8-4-5-9-21(18)34-15-16-6-2-1-3-7-16/h1-12,14,22H,13,15H2,(H,31,32,33)/b30-14+. The summed E-state index contributed by atoms with van der Waals surface area (Å²) >= 11 is 6.78. The number of thioether (sulfide) groups is 1. The van der Waals surface area contributed by atoms with Crippen LogP contribution in [0.3, 0.4) is 0 Å². The molecule has 1 heterocycles. The van der Waals surface area contributed by atoms with Gasteiger partial charge in [-0.3, -0.25) is 4.79 Å². The van der Waals surface area contributed by atoms with Crippen molar-refractivity contribution in [1.82, 2.24) is 5.32 Å². The Morgan fingerprint density at radius 3 is 2.54 bits per heavy atom. The molecule has 0 radical (unpaired) electrons. The fourth-order valence-corrected chi connectivity index (χ4v) is 4.50. The van der Waals surface area contributed by atoms with E-state index < -0.39 is 17.0 Å². The number of carbonyl (C=O) groups is 1. The van der Waals surface area contributed by atoms with Crippen LogP contribution < -0.4 is 10.1 Å². The van der Waals surface area contributed by atoms with E-state index in [1.165, 1.54) is 18.3 Å².